The Morgan fingerprint density at radius 3 is 2.59 bits per heavy atom. The summed E-state index contributed by atoms with van der Waals surface area (Å²) in [7, 11) is 0. The predicted molar refractivity (Wildman–Crippen MR) is 120 cm³/mol. The van der Waals surface area contributed by atoms with E-state index >= 15 is 0 Å². The topological polar surface area (TPSA) is 91.4 Å². The summed E-state index contributed by atoms with van der Waals surface area (Å²) in [6, 6.07) is 10.4. The lowest BCUT2D eigenvalue weighted by molar-refractivity contribution is 0.0642. The Kier molecular flexibility index (Phi) is 5.65. The maximum absolute atomic E-state index is 13.0. The van der Waals surface area contributed by atoms with Gasteiger partial charge in [-0.2, -0.15) is 0 Å². The number of hydrogen-bond donors (Lipinski definition) is 1. The number of nitrogens with zero attached hydrogens (tertiary/aromatic N) is 4. The van der Waals surface area contributed by atoms with Crippen LogP contribution >= 0.6 is 23.2 Å². The smallest absolute Gasteiger partial charge is 0.410 e. The van der Waals surface area contributed by atoms with Crippen LogP contribution in [0.25, 0.3) is 11.0 Å². The van der Waals surface area contributed by atoms with Crippen LogP contribution in [0.4, 0.5) is 4.79 Å². The van der Waals surface area contributed by atoms with Gasteiger partial charge in [-0.3, -0.25) is 9.89 Å². The number of H-pyrrole nitrogens is 1. The second-order valence-corrected chi connectivity index (χ2v) is 9.21. The van der Waals surface area contributed by atoms with Crippen LogP contribution in [0.1, 0.15) is 22.3 Å². The molecule has 5 rings (SSSR count). The van der Waals surface area contributed by atoms with Gasteiger partial charge >= 0.3 is 6.09 Å². The van der Waals surface area contributed by atoms with Gasteiger partial charge in [0.25, 0.3) is 5.91 Å². The second kappa shape index (κ2) is 8.60. The Labute approximate surface area is 194 Å². The van der Waals surface area contributed by atoms with E-state index in [9.17, 15) is 9.59 Å². The van der Waals surface area contributed by atoms with Gasteiger partial charge in [0.2, 0.25) is 0 Å². The van der Waals surface area contributed by atoms with Crippen LogP contribution in [0.2, 0.25) is 10.0 Å². The molecule has 0 bridgehead atoms. The molecule has 1 aromatic heterocycles. The second-order valence-electron chi connectivity index (χ2n) is 8.34. The number of nitrogens with one attached hydrogen (secondary N) is 1. The molecule has 2 fully saturated rings. The Balaban J connectivity index is 1.19. The van der Waals surface area contributed by atoms with Gasteiger partial charge < -0.3 is 14.5 Å². The summed E-state index contributed by atoms with van der Waals surface area (Å²) in [6.45, 7) is 2.62. The number of carbonyl (C=O) groups is 2. The molecule has 8 nitrogen and oxygen atoms in total. The molecule has 166 valence electrons. The molecule has 2 aromatic carbocycles. The van der Waals surface area contributed by atoms with Crippen molar-refractivity contribution in [2.75, 3.05) is 26.2 Å². The van der Waals surface area contributed by atoms with Crippen LogP contribution in [0, 0.1) is 11.8 Å². The Morgan fingerprint density at radius 1 is 1.03 bits per heavy atom. The molecule has 0 aliphatic carbocycles. The van der Waals surface area contributed by atoms with E-state index in [1.54, 1.807) is 35.2 Å². The molecular formula is C22H21Cl2N5O3. The first-order valence-corrected chi connectivity index (χ1v) is 11.2. The zero-order valence-corrected chi connectivity index (χ0v) is 18.6. The monoisotopic (exact) mass is 473 g/mol. The largest absolute Gasteiger partial charge is 0.445 e. The maximum atomic E-state index is 13.0. The van der Waals surface area contributed by atoms with Crippen molar-refractivity contribution in [3.8, 4) is 0 Å². The molecule has 0 spiro atoms. The lowest BCUT2D eigenvalue weighted by Gasteiger charge is -2.34. The molecule has 2 amide bonds. The van der Waals surface area contributed by atoms with Crippen molar-refractivity contribution in [1.29, 1.82) is 0 Å². The number of piperidine rings is 1. The standard InChI is InChI=1S/C22H21Cl2N5O3/c23-17-5-13(6-18(24)8-17)12-32-22(31)29-9-15-3-4-28(10-16(15)11-29)21(30)14-1-2-19-20(7-14)26-27-25-19/h1-2,5-8,15-16H,3-4,9-12H2,(H,25,26,27)/t15-,16-/m1/s1. The highest BCUT2D eigenvalue weighted by molar-refractivity contribution is 6.34. The lowest BCUT2D eigenvalue weighted by Crippen LogP contribution is -2.43. The van der Waals surface area contributed by atoms with Gasteiger partial charge in [0.15, 0.2) is 0 Å². The number of carbonyl (C=O) groups excluding carboxylic acids is 2. The van der Waals surface area contributed by atoms with Gasteiger partial charge in [-0.25, -0.2) is 4.79 Å². The first-order valence-electron chi connectivity index (χ1n) is 10.4. The van der Waals surface area contributed by atoms with Crippen LogP contribution in [-0.2, 0) is 11.3 Å². The highest BCUT2D eigenvalue weighted by atomic mass is 35.5. The molecule has 2 aliphatic rings. The van der Waals surface area contributed by atoms with Crippen molar-refractivity contribution in [2.45, 2.75) is 13.0 Å². The number of fused-ring (bicyclic) bond motifs is 2. The molecule has 0 saturated carbocycles. The molecule has 0 unspecified atom stereocenters. The number of benzene rings is 2. The fourth-order valence-electron chi connectivity index (χ4n) is 4.59. The first-order chi connectivity index (χ1) is 15.5. The molecule has 2 saturated heterocycles. The third-order valence-corrected chi connectivity index (χ3v) is 6.64. The van der Waals surface area contributed by atoms with E-state index in [4.69, 9.17) is 27.9 Å². The number of ether oxygens (including phenoxy) is 1. The highest BCUT2D eigenvalue weighted by Crippen LogP contribution is 2.32. The number of hydrogen-bond acceptors (Lipinski definition) is 5. The van der Waals surface area contributed by atoms with Crippen molar-refractivity contribution in [3.05, 3.63) is 57.6 Å². The van der Waals surface area contributed by atoms with Crippen molar-refractivity contribution in [1.82, 2.24) is 25.2 Å². The Morgan fingerprint density at radius 2 is 1.78 bits per heavy atom. The van der Waals surface area contributed by atoms with E-state index in [2.05, 4.69) is 15.4 Å². The van der Waals surface area contributed by atoms with Gasteiger partial charge in [-0.15, -0.1) is 5.10 Å². The minimum Gasteiger partial charge on any atom is -0.445 e. The van der Waals surface area contributed by atoms with Crippen molar-refractivity contribution in [3.63, 3.8) is 0 Å². The van der Waals surface area contributed by atoms with Crippen LogP contribution in [0.5, 0.6) is 0 Å². The van der Waals surface area contributed by atoms with Gasteiger partial charge in [0.05, 0.1) is 5.52 Å². The molecule has 32 heavy (non-hydrogen) atoms. The summed E-state index contributed by atoms with van der Waals surface area (Å²) in [5.74, 6) is 0.578. The quantitative estimate of drug-likeness (QED) is 0.620. The molecular weight excluding hydrogens is 453 g/mol. The number of aromatic nitrogens is 3. The zero-order valence-electron chi connectivity index (χ0n) is 17.1. The maximum Gasteiger partial charge on any atom is 0.410 e. The van der Waals surface area contributed by atoms with Crippen LogP contribution in [0.3, 0.4) is 0 Å². The van der Waals surface area contributed by atoms with E-state index in [0.717, 1.165) is 17.5 Å². The van der Waals surface area contributed by atoms with Crippen LogP contribution in [0.15, 0.2) is 36.4 Å². The predicted octanol–water partition coefficient (Wildman–Crippen LogP) is 4.00. The summed E-state index contributed by atoms with van der Waals surface area (Å²) in [5.41, 5.74) is 2.80. The van der Waals surface area contributed by atoms with Crippen molar-refractivity contribution in [2.24, 2.45) is 11.8 Å². The van der Waals surface area contributed by atoms with Gasteiger partial charge in [-0.1, -0.05) is 28.4 Å². The Hall–Kier alpha value is -2.84. The summed E-state index contributed by atoms with van der Waals surface area (Å²) in [4.78, 5) is 29.2. The SMILES string of the molecule is O=C(OCc1cc(Cl)cc(Cl)c1)N1C[C@H]2CCN(C(=O)c3ccc4[nH]nnc4c3)C[C@@H]2C1. The zero-order chi connectivity index (χ0) is 22.2. The highest BCUT2D eigenvalue weighted by Gasteiger charge is 2.40. The Bertz CT molecular complexity index is 1160. The average molecular weight is 474 g/mol. The molecule has 10 heteroatoms. The number of likely N-dealkylation sites (tertiary alicyclic amines) is 2. The molecule has 0 radical (unpaired) electrons. The van der Waals surface area contributed by atoms with E-state index in [1.807, 2.05) is 11.0 Å². The van der Waals surface area contributed by atoms with Crippen LogP contribution in [-0.4, -0.2) is 63.4 Å². The summed E-state index contributed by atoms with van der Waals surface area (Å²) in [5, 5.41) is 11.5. The third-order valence-electron chi connectivity index (χ3n) is 6.20. The minimum absolute atomic E-state index is 0.0211. The van der Waals surface area contributed by atoms with Crippen molar-refractivity contribution < 1.29 is 14.3 Å². The van der Waals surface area contributed by atoms with E-state index in [1.165, 1.54) is 0 Å². The first kappa shape index (κ1) is 21.0. The summed E-state index contributed by atoms with van der Waals surface area (Å²) in [6.07, 6.45) is 0.501. The number of halogens is 2. The molecule has 2 atom stereocenters. The van der Waals surface area contributed by atoms with E-state index in [-0.39, 0.29) is 24.5 Å². The summed E-state index contributed by atoms with van der Waals surface area (Å²) < 4.78 is 5.48. The van der Waals surface area contributed by atoms with E-state index in [0.29, 0.717) is 53.2 Å². The number of aromatic amines is 1. The third kappa shape index (κ3) is 4.25. The number of rotatable bonds is 3. The minimum atomic E-state index is -0.357. The molecule has 1 N–H and O–H groups in total. The van der Waals surface area contributed by atoms with Gasteiger partial charge in [-0.05, 0) is 60.2 Å². The van der Waals surface area contributed by atoms with Gasteiger partial charge in [0, 0.05) is 41.8 Å². The fraction of sp³-hybridized carbons (Fsp3) is 0.364. The normalized spacial score (nSPS) is 20.4. The van der Waals surface area contributed by atoms with E-state index < -0.39 is 0 Å². The van der Waals surface area contributed by atoms with Crippen molar-refractivity contribution >= 4 is 46.2 Å². The lowest BCUT2D eigenvalue weighted by atomic mass is 9.88. The fourth-order valence-corrected chi connectivity index (χ4v) is 5.16. The molecule has 2 aliphatic heterocycles. The van der Waals surface area contributed by atoms with Crippen LogP contribution < -0.4 is 0 Å². The summed E-state index contributed by atoms with van der Waals surface area (Å²) >= 11 is 12.0. The van der Waals surface area contributed by atoms with Gasteiger partial charge in [0.1, 0.15) is 12.1 Å². The molecule has 3 aromatic rings. The molecule has 3 heterocycles. The average Bonchev–Trinajstić information content (AvgIpc) is 3.42. The number of amides is 2.